The Balaban J connectivity index is 1.45. The van der Waals surface area contributed by atoms with Gasteiger partial charge in [-0.15, -0.1) is 0 Å². The van der Waals surface area contributed by atoms with E-state index in [2.05, 4.69) is 11.0 Å². The van der Waals surface area contributed by atoms with Crippen LogP contribution >= 0.6 is 0 Å². The average molecular weight is 507 g/mol. The molecular formula is C28H34N4O5. The summed E-state index contributed by atoms with van der Waals surface area (Å²) < 4.78 is 11.3. The third kappa shape index (κ3) is 5.32. The van der Waals surface area contributed by atoms with E-state index in [-0.39, 0.29) is 18.2 Å². The van der Waals surface area contributed by atoms with Crippen molar-refractivity contribution in [2.24, 2.45) is 0 Å². The van der Waals surface area contributed by atoms with Gasteiger partial charge in [-0.05, 0) is 36.5 Å². The van der Waals surface area contributed by atoms with E-state index in [1.807, 2.05) is 32.9 Å². The summed E-state index contributed by atoms with van der Waals surface area (Å²) >= 11 is 0. The van der Waals surface area contributed by atoms with E-state index in [4.69, 9.17) is 19.9 Å². The number of fused-ring (bicyclic) bond motifs is 1. The molecule has 0 spiro atoms. The van der Waals surface area contributed by atoms with Crippen LogP contribution in [-0.4, -0.2) is 72.0 Å². The van der Waals surface area contributed by atoms with Crippen molar-refractivity contribution in [2.75, 3.05) is 44.4 Å². The lowest BCUT2D eigenvalue weighted by atomic mass is 9.84. The van der Waals surface area contributed by atoms with Crippen molar-refractivity contribution < 1.29 is 24.2 Å². The molecule has 0 radical (unpaired) electrons. The van der Waals surface area contributed by atoms with E-state index >= 15 is 0 Å². The summed E-state index contributed by atoms with van der Waals surface area (Å²) in [7, 11) is 0. The first-order chi connectivity index (χ1) is 17.6. The number of nitrogens with zero attached hydrogens (tertiary/aromatic N) is 3. The highest BCUT2D eigenvalue weighted by molar-refractivity contribution is 6.05. The molecule has 1 aliphatic carbocycles. The van der Waals surface area contributed by atoms with Crippen LogP contribution in [0.3, 0.4) is 0 Å². The van der Waals surface area contributed by atoms with Gasteiger partial charge in [0.15, 0.2) is 12.4 Å². The standard InChI is InChI=1S/C28H34N4O5/c1-28(2,3)20-12-19(13-22(26(20)37-16-24(34)35)31-8-10-36-11-9-31)23(33)15-32-14-18-6-7-21(17-4-5-17)30-25(18)27(32)29/h6-7,12-13,17,29H,4-5,8-11,14-16H2,1-3H3,(H,34,35). The first-order valence-electron chi connectivity index (χ1n) is 12.8. The molecule has 2 aliphatic heterocycles. The van der Waals surface area contributed by atoms with Crippen molar-refractivity contribution in [2.45, 2.75) is 51.5 Å². The van der Waals surface area contributed by atoms with Crippen molar-refractivity contribution in [3.05, 3.63) is 52.3 Å². The normalized spacial score (nSPS) is 17.6. The molecule has 9 heteroatoms. The van der Waals surface area contributed by atoms with Crippen LogP contribution in [0.25, 0.3) is 0 Å². The van der Waals surface area contributed by atoms with Gasteiger partial charge in [0.25, 0.3) is 0 Å². The summed E-state index contributed by atoms with van der Waals surface area (Å²) in [5.74, 6) is 0.122. The Hall–Kier alpha value is -3.46. The smallest absolute Gasteiger partial charge is 0.341 e. The molecule has 5 rings (SSSR count). The van der Waals surface area contributed by atoms with Gasteiger partial charge in [-0.3, -0.25) is 10.2 Å². The molecule has 1 aromatic carbocycles. The summed E-state index contributed by atoms with van der Waals surface area (Å²) in [6, 6.07) is 7.71. The van der Waals surface area contributed by atoms with Crippen LogP contribution in [0.2, 0.25) is 0 Å². The molecule has 0 unspecified atom stereocenters. The number of nitrogens with one attached hydrogen (secondary N) is 1. The molecule has 2 aromatic rings. The lowest BCUT2D eigenvalue weighted by molar-refractivity contribution is -0.139. The zero-order valence-electron chi connectivity index (χ0n) is 21.7. The Labute approximate surface area is 216 Å². The number of pyridine rings is 1. The minimum absolute atomic E-state index is 0.0649. The number of hydrogen-bond donors (Lipinski definition) is 2. The van der Waals surface area contributed by atoms with Gasteiger partial charge in [0.05, 0.1) is 25.4 Å². The van der Waals surface area contributed by atoms with Crippen LogP contribution in [0.15, 0.2) is 24.3 Å². The van der Waals surface area contributed by atoms with E-state index in [0.717, 1.165) is 29.7 Å². The number of carbonyl (C=O) groups excluding carboxylic acids is 1. The van der Waals surface area contributed by atoms with Gasteiger partial charge in [-0.2, -0.15) is 0 Å². The third-order valence-corrected chi connectivity index (χ3v) is 7.12. The Morgan fingerprint density at radius 1 is 1.19 bits per heavy atom. The second kappa shape index (κ2) is 9.78. The van der Waals surface area contributed by atoms with Crippen LogP contribution in [0.5, 0.6) is 5.75 Å². The number of ether oxygens (including phenoxy) is 2. The summed E-state index contributed by atoms with van der Waals surface area (Å²) in [6.45, 7) is 8.45. The topological polar surface area (TPSA) is 116 Å². The third-order valence-electron chi connectivity index (χ3n) is 7.12. The van der Waals surface area contributed by atoms with Crippen molar-refractivity contribution in [3.63, 3.8) is 0 Å². The molecule has 0 atom stereocenters. The highest BCUT2D eigenvalue weighted by atomic mass is 16.5. The number of aromatic nitrogens is 1. The number of rotatable bonds is 8. The number of carbonyl (C=O) groups is 2. The number of carboxylic acids is 1. The number of carboxylic acid groups (broad SMARTS) is 1. The summed E-state index contributed by atoms with van der Waals surface area (Å²) in [4.78, 5) is 33.6. The highest BCUT2D eigenvalue weighted by Crippen LogP contribution is 2.42. The van der Waals surface area contributed by atoms with Gasteiger partial charge in [0.1, 0.15) is 17.3 Å². The number of hydrogen-bond acceptors (Lipinski definition) is 7. The SMILES string of the molecule is CC(C)(C)c1cc(C(=O)CN2Cc3ccc(C4CC4)nc3C2=N)cc(N2CCOCC2)c1OCC(=O)O. The molecule has 1 aromatic heterocycles. The molecule has 0 amide bonds. The van der Waals surface area contributed by atoms with Crippen molar-refractivity contribution in [1.29, 1.82) is 5.41 Å². The van der Waals surface area contributed by atoms with Gasteiger partial charge in [-0.25, -0.2) is 9.78 Å². The van der Waals surface area contributed by atoms with Crippen molar-refractivity contribution in [3.8, 4) is 5.75 Å². The first kappa shape index (κ1) is 25.2. The van der Waals surface area contributed by atoms with Gasteiger partial charge in [0, 0.05) is 47.9 Å². The monoisotopic (exact) mass is 506 g/mol. The number of aliphatic carboxylic acids is 1. The quantitative estimate of drug-likeness (QED) is 0.522. The van der Waals surface area contributed by atoms with Gasteiger partial charge < -0.3 is 24.4 Å². The average Bonchev–Trinajstić information content (AvgIpc) is 3.67. The van der Waals surface area contributed by atoms with E-state index in [0.29, 0.717) is 61.5 Å². The van der Waals surface area contributed by atoms with E-state index in [1.165, 1.54) is 0 Å². The molecule has 3 aliphatic rings. The predicted octanol–water partition coefficient (Wildman–Crippen LogP) is 3.58. The molecule has 2 fully saturated rings. The fourth-order valence-corrected chi connectivity index (χ4v) is 4.93. The number of amidine groups is 1. The van der Waals surface area contributed by atoms with Gasteiger partial charge >= 0.3 is 5.97 Å². The number of Topliss-reactive ketones (excluding diaryl/α,β-unsaturated/α-hetero) is 1. The lowest BCUT2D eigenvalue weighted by Crippen LogP contribution is -2.37. The Bertz CT molecular complexity index is 1240. The largest absolute Gasteiger partial charge is 0.479 e. The maximum absolute atomic E-state index is 13.6. The maximum Gasteiger partial charge on any atom is 0.341 e. The molecule has 9 nitrogen and oxygen atoms in total. The molecule has 0 bridgehead atoms. The number of benzene rings is 1. The van der Waals surface area contributed by atoms with Crippen LogP contribution in [0, 0.1) is 5.41 Å². The summed E-state index contributed by atoms with van der Waals surface area (Å²) in [5.41, 5.74) is 4.30. The number of ketones is 1. The maximum atomic E-state index is 13.6. The minimum atomic E-state index is -1.06. The lowest BCUT2D eigenvalue weighted by Gasteiger charge is -2.33. The van der Waals surface area contributed by atoms with Crippen LogP contribution < -0.4 is 9.64 Å². The summed E-state index contributed by atoms with van der Waals surface area (Å²) in [6.07, 6.45) is 2.30. The predicted molar refractivity (Wildman–Crippen MR) is 139 cm³/mol. The van der Waals surface area contributed by atoms with Crippen LogP contribution in [0.4, 0.5) is 5.69 Å². The van der Waals surface area contributed by atoms with Gasteiger partial charge in [-0.1, -0.05) is 26.8 Å². The van der Waals surface area contributed by atoms with Crippen LogP contribution in [0.1, 0.15) is 72.4 Å². The van der Waals surface area contributed by atoms with E-state index in [1.54, 1.807) is 11.0 Å². The second-order valence-electron chi connectivity index (χ2n) is 11.0. The molecule has 3 heterocycles. The molecule has 196 valence electrons. The Morgan fingerprint density at radius 3 is 2.57 bits per heavy atom. The molecule has 2 N–H and O–H groups in total. The van der Waals surface area contributed by atoms with Crippen molar-refractivity contribution >= 4 is 23.3 Å². The molecular weight excluding hydrogens is 472 g/mol. The van der Waals surface area contributed by atoms with E-state index < -0.39 is 18.0 Å². The molecule has 1 saturated heterocycles. The summed E-state index contributed by atoms with van der Waals surface area (Å²) in [5, 5.41) is 18.0. The Kier molecular flexibility index (Phi) is 6.66. The van der Waals surface area contributed by atoms with E-state index in [9.17, 15) is 14.7 Å². The first-order valence-corrected chi connectivity index (χ1v) is 12.8. The van der Waals surface area contributed by atoms with Gasteiger partial charge in [0.2, 0.25) is 0 Å². The second-order valence-corrected chi connectivity index (χ2v) is 11.0. The molecule has 37 heavy (non-hydrogen) atoms. The zero-order valence-corrected chi connectivity index (χ0v) is 21.7. The Morgan fingerprint density at radius 2 is 1.92 bits per heavy atom. The highest BCUT2D eigenvalue weighted by Gasteiger charge is 2.32. The fraction of sp³-hybridized carbons (Fsp3) is 0.500. The number of anilines is 1. The van der Waals surface area contributed by atoms with Crippen LogP contribution in [-0.2, 0) is 21.5 Å². The number of morpholine rings is 1. The molecule has 1 saturated carbocycles. The van der Waals surface area contributed by atoms with Crippen molar-refractivity contribution in [1.82, 2.24) is 9.88 Å². The fourth-order valence-electron chi connectivity index (χ4n) is 4.93. The minimum Gasteiger partial charge on any atom is -0.479 e. The zero-order chi connectivity index (χ0) is 26.3.